The van der Waals surface area contributed by atoms with Crippen LogP contribution in [0.3, 0.4) is 0 Å². The zero-order chi connectivity index (χ0) is 15.5. The van der Waals surface area contributed by atoms with Gasteiger partial charge in [0.05, 0.1) is 5.69 Å². The minimum atomic E-state index is -4.60. The molecule has 2 rings (SSSR count). The summed E-state index contributed by atoms with van der Waals surface area (Å²) < 4.78 is 39.2. The zero-order valence-electron chi connectivity index (χ0n) is 11.0. The molecule has 21 heavy (non-hydrogen) atoms. The maximum Gasteiger partial charge on any atom is 0.451 e. The summed E-state index contributed by atoms with van der Waals surface area (Å²) in [7, 11) is 0. The fourth-order valence-corrected chi connectivity index (χ4v) is 1.99. The van der Waals surface area contributed by atoms with E-state index in [-0.39, 0.29) is 11.6 Å². The van der Waals surface area contributed by atoms with Crippen LogP contribution in [0, 0.1) is 0 Å². The van der Waals surface area contributed by atoms with E-state index in [1.54, 1.807) is 31.2 Å². The van der Waals surface area contributed by atoms with Gasteiger partial charge in [-0.15, -0.1) is 0 Å². The highest BCUT2D eigenvalue weighted by Gasteiger charge is 2.35. The summed E-state index contributed by atoms with van der Waals surface area (Å²) in [5.74, 6) is -0.995. The number of benzene rings is 1. The Kier molecular flexibility index (Phi) is 4.66. The lowest BCUT2D eigenvalue weighted by Gasteiger charge is -2.12. The van der Waals surface area contributed by atoms with Gasteiger partial charge < -0.3 is 10.6 Å². The largest absolute Gasteiger partial charge is 0.451 e. The van der Waals surface area contributed by atoms with Crippen LogP contribution in [-0.2, 0) is 6.18 Å². The summed E-state index contributed by atoms with van der Waals surface area (Å²) in [5.41, 5.74) is 0.617. The van der Waals surface area contributed by atoms with Crippen molar-refractivity contribution in [1.82, 2.24) is 9.97 Å². The molecule has 0 atom stereocenters. The highest BCUT2D eigenvalue weighted by Crippen LogP contribution is 2.30. The van der Waals surface area contributed by atoms with Crippen LogP contribution >= 0.6 is 15.9 Å². The highest BCUT2D eigenvalue weighted by atomic mass is 79.9. The van der Waals surface area contributed by atoms with Crippen LogP contribution in [0.2, 0.25) is 0 Å². The molecule has 0 unspecified atom stereocenters. The Morgan fingerprint density at radius 1 is 1.14 bits per heavy atom. The third-order valence-electron chi connectivity index (χ3n) is 2.47. The molecule has 0 aliphatic carbocycles. The molecule has 1 aromatic heterocycles. The van der Waals surface area contributed by atoms with Gasteiger partial charge in [0.25, 0.3) is 0 Å². The van der Waals surface area contributed by atoms with Crippen molar-refractivity contribution in [2.24, 2.45) is 0 Å². The molecule has 0 fully saturated rings. The number of hydrogen-bond donors (Lipinski definition) is 2. The van der Waals surface area contributed by atoms with Gasteiger partial charge in [-0.1, -0.05) is 12.1 Å². The van der Waals surface area contributed by atoms with Gasteiger partial charge in [0, 0.05) is 17.1 Å². The van der Waals surface area contributed by atoms with Crippen molar-refractivity contribution in [3.63, 3.8) is 0 Å². The summed E-state index contributed by atoms with van der Waals surface area (Å²) in [4.78, 5) is 6.97. The molecule has 112 valence electrons. The molecular weight excluding hydrogens is 349 g/mol. The van der Waals surface area contributed by atoms with Crippen molar-refractivity contribution in [2.45, 2.75) is 13.1 Å². The van der Waals surface area contributed by atoms with Gasteiger partial charge in [0.1, 0.15) is 11.6 Å². The maximum absolute atomic E-state index is 12.8. The van der Waals surface area contributed by atoms with E-state index in [2.05, 4.69) is 36.5 Å². The van der Waals surface area contributed by atoms with Gasteiger partial charge >= 0.3 is 6.18 Å². The molecule has 2 aromatic rings. The number of para-hydroxylation sites is 1. The number of rotatable bonds is 4. The first-order chi connectivity index (χ1) is 9.90. The predicted molar refractivity (Wildman–Crippen MR) is 78.6 cm³/mol. The number of anilines is 3. The molecule has 0 aliphatic rings. The van der Waals surface area contributed by atoms with Crippen LogP contribution in [0.4, 0.5) is 30.5 Å². The average Bonchev–Trinajstić information content (AvgIpc) is 2.41. The molecule has 2 N–H and O–H groups in total. The molecule has 0 saturated carbocycles. The average molecular weight is 361 g/mol. The number of aromatic nitrogens is 2. The molecule has 0 aliphatic heterocycles. The maximum atomic E-state index is 12.8. The lowest BCUT2D eigenvalue weighted by molar-refractivity contribution is -0.144. The lowest BCUT2D eigenvalue weighted by atomic mass is 10.3. The summed E-state index contributed by atoms with van der Waals surface area (Å²) >= 11 is 3.32. The molecule has 8 heteroatoms. The Hall–Kier alpha value is -1.83. The Morgan fingerprint density at radius 3 is 2.43 bits per heavy atom. The first-order valence-electron chi connectivity index (χ1n) is 6.12. The van der Waals surface area contributed by atoms with Crippen molar-refractivity contribution < 1.29 is 13.2 Å². The molecule has 0 bridgehead atoms. The van der Waals surface area contributed by atoms with Gasteiger partial charge in [-0.25, -0.2) is 9.97 Å². The minimum Gasteiger partial charge on any atom is -0.370 e. The van der Waals surface area contributed by atoms with E-state index in [1.165, 1.54) is 6.07 Å². The second kappa shape index (κ2) is 6.30. The van der Waals surface area contributed by atoms with Gasteiger partial charge in [0.2, 0.25) is 5.82 Å². The van der Waals surface area contributed by atoms with E-state index in [9.17, 15) is 13.2 Å². The van der Waals surface area contributed by atoms with E-state index in [1.807, 2.05) is 0 Å². The summed E-state index contributed by atoms with van der Waals surface area (Å²) in [6, 6.07) is 8.51. The standard InChI is InChI=1S/C13H12BrF3N4/c1-2-18-10-7-11(21-12(20-10)13(15,16)17)19-9-6-4-3-5-8(9)14/h3-7H,2H2,1H3,(H2,18,19,20,21). The monoisotopic (exact) mass is 360 g/mol. The van der Waals surface area contributed by atoms with Crippen LogP contribution in [0.15, 0.2) is 34.8 Å². The summed E-state index contributed by atoms with van der Waals surface area (Å²) in [6.45, 7) is 2.24. The molecule has 1 aromatic carbocycles. The van der Waals surface area contributed by atoms with E-state index >= 15 is 0 Å². The third-order valence-corrected chi connectivity index (χ3v) is 3.17. The quantitative estimate of drug-likeness (QED) is 0.846. The Balaban J connectivity index is 2.38. The number of nitrogens with zero attached hydrogens (tertiary/aromatic N) is 2. The van der Waals surface area contributed by atoms with Crippen molar-refractivity contribution >= 4 is 33.3 Å². The van der Waals surface area contributed by atoms with E-state index in [0.29, 0.717) is 12.2 Å². The van der Waals surface area contributed by atoms with Crippen LogP contribution in [0.1, 0.15) is 12.7 Å². The predicted octanol–water partition coefficient (Wildman–Crippen LogP) is 4.43. The normalized spacial score (nSPS) is 11.3. The minimum absolute atomic E-state index is 0.0696. The van der Waals surface area contributed by atoms with Crippen LogP contribution < -0.4 is 10.6 Å². The second-order valence-electron chi connectivity index (χ2n) is 4.09. The molecule has 4 nitrogen and oxygen atoms in total. The van der Waals surface area contributed by atoms with Crippen LogP contribution in [0.25, 0.3) is 0 Å². The highest BCUT2D eigenvalue weighted by molar-refractivity contribution is 9.10. The first-order valence-corrected chi connectivity index (χ1v) is 6.91. The molecule has 0 amide bonds. The van der Waals surface area contributed by atoms with Crippen molar-refractivity contribution in [2.75, 3.05) is 17.2 Å². The van der Waals surface area contributed by atoms with Crippen molar-refractivity contribution in [3.8, 4) is 0 Å². The SMILES string of the molecule is CCNc1cc(Nc2ccccc2Br)nc(C(F)(F)F)n1. The van der Waals surface area contributed by atoms with Crippen LogP contribution in [0.5, 0.6) is 0 Å². The Morgan fingerprint density at radius 2 is 1.81 bits per heavy atom. The topological polar surface area (TPSA) is 49.8 Å². The fraction of sp³-hybridized carbons (Fsp3) is 0.231. The van der Waals surface area contributed by atoms with Gasteiger partial charge in [0.15, 0.2) is 0 Å². The molecule has 0 radical (unpaired) electrons. The van der Waals surface area contributed by atoms with E-state index in [0.717, 1.165) is 4.47 Å². The zero-order valence-corrected chi connectivity index (χ0v) is 12.6. The second-order valence-corrected chi connectivity index (χ2v) is 4.95. The number of nitrogens with one attached hydrogen (secondary N) is 2. The first kappa shape index (κ1) is 15.6. The van der Waals surface area contributed by atoms with Gasteiger partial charge in [-0.2, -0.15) is 13.2 Å². The number of alkyl halides is 3. The van der Waals surface area contributed by atoms with Crippen LogP contribution in [-0.4, -0.2) is 16.5 Å². The van der Waals surface area contributed by atoms with Crippen molar-refractivity contribution in [3.05, 3.63) is 40.6 Å². The van der Waals surface area contributed by atoms with E-state index < -0.39 is 12.0 Å². The molecule has 1 heterocycles. The fourth-order valence-electron chi connectivity index (χ4n) is 1.61. The number of halogens is 4. The Bertz CT molecular complexity index is 631. The number of hydrogen-bond acceptors (Lipinski definition) is 4. The smallest absolute Gasteiger partial charge is 0.370 e. The van der Waals surface area contributed by atoms with E-state index in [4.69, 9.17) is 0 Å². The Labute approximate surface area is 127 Å². The molecule has 0 spiro atoms. The summed E-state index contributed by atoms with van der Waals surface area (Å²) in [6.07, 6.45) is -4.60. The summed E-state index contributed by atoms with van der Waals surface area (Å²) in [5, 5.41) is 5.60. The third kappa shape index (κ3) is 4.07. The molecule has 0 saturated heterocycles. The van der Waals surface area contributed by atoms with Gasteiger partial charge in [-0.05, 0) is 35.0 Å². The van der Waals surface area contributed by atoms with Crippen molar-refractivity contribution in [1.29, 1.82) is 0 Å². The molecular formula is C13H12BrF3N4. The lowest BCUT2D eigenvalue weighted by Crippen LogP contribution is -2.14. The van der Waals surface area contributed by atoms with Gasteiger partial charge in [-0.3, -0.25) is 0 Å².